The number of hydrogen-bond donors (Lipinski definition) is 1. The van der Waals surface area contributed by atoms with Gasteiger partial charge in [-0.25, -0.2) is 8.42 Å². The van der Waals surface area contributed by atoms with E-state index in [0.717, 1.165) is 18.4 Å². The monoisotopic (exact) mass is 285 g/mol. The van der Waals surface area contributed by atoms with E-state index in [4.69, 9.17) is 0 Å². The summed E-state index contributed by atoms with van der Waals surface area (Å²) in [4.78, 5) is 0. The molecule has 19 heavy (non-hydrogen) atoms. The minimum absolute atomic E-state index is 0.583. The number of sulfone groups is 1. The highest BCUT2D eigenvalue weighted by atomic mass is 32.2. The first kappa shape index (κ1) is 15.0. The van der Waals surface area contributed by atoms with E-state index < -0.39 is 14.6 Å². The van der Waals surface area contributed by atoms with Crippen molar-refractivity contribution in [1.29, 1.82) is 0 Å². The van der Waals surface area contributed by atoms with Crippen LogP contribution >= 0.6 is 0 Å². The fourth-order valence-corrected chi connectivity index (χ4v) is 5.18. The van der Waals surface area contributed by atoms with Crippen LogP contribution in [0.1, 0.15) is 39.5 Å². The quantitative estimate of drug-likeness (QED) is 0.731. The Labute approximate surface area is 117 Å². The third kappa shape index (κ3) is 2.89. The molecule has 0 spiro atoms. The highest BCUT2D eigenvalue weighted by molar-refractivity contribution is 7.92. The van der Waals surface area contributed by atoms with Crippen LogP contribution in [0.4, 0.5) is 0 Å². The van der Waals surface area contributed by atoms with Crippen LogP contribution in [0.3, 0.4) is 0 Å². The summed E-state index contributed by atoms with van der Waals surface area (Å²) in [6.45, 7) is 5.51. The lowest BCUT2D eigenvalue weighted by Gasteiger charge is -2.31. The van der Waals surface area contributed by atoms with E-state index in [-0.39, 0.29) is 0 Å². The first-order valence-corrected chi connectivity index (χ1v) is 9.39. The summed E-state index contributed by atoms with van der Waals surface area (Å²) < 4.78 is 23.5. The van der Waals surface area contributed by atoms with Gasteiger partial charge in [-0.3, -0.25) is 0 Å². The van der Waals surface area contributed by atoms with Crippen LogP contribution < -0.4 is 5.32 Å². The molecule has 1 fully saturated rings. The van der Waals surface area contributed by atoms with Crippen molar-refractivity contribution in [2.45, 2.75) is 44.3 Å². The molecule has 0 unspecified atom stereocenters. The predicted molar refractivity (Wildman–Crippen MR) is 79.9 cm³/mol. The van der Waals surface area contributed by atoms with Gasteiger partial charge in [0.2, 0.25) is 0 Å². The van der Waals surface area contributed by atoms with Crippen LogP contribution in [0.15, 0.2) is 12.2 Å². The van der Waals surface area contributed by atoms with E-state index in [1.807, 2.05) is 13.8 Å². The molecule has 0 aromatic carbocycles. The average molecular weight is 285 g/mol. The first-order chi connectivity index (χ1) is 8.92. The number of hydrogen-bond acceptors (Lipinski definition) is 3. The Balaban J connectivity index is 1.88. The summed E-state index contributed by atoms with van der Waals surface area (Å²) in [5.41, 5.74) is 0. The molecular weight excluding hydrogens is 258 g/mol. The Morgan fingerprint density at radius 3 is 2.32 bits per heavy atom. The topological polar surface area (TPSA) is 46.2 Å². The van der Waals surface area contributed by atoms with Gasteiger partial charge in [0.15, 0.2) is 9.84 Å². The highest BCUT2D eigenvalue weighted by Crippen LogP contribution is 2.43. The van der Waals surface area contributed by atoms with Gasteiger partial charge in [-0.15, -0.1) is 0 Å². The van der Waals surface area contributed by atoms with Gasteiger partial charge in [-0.1, -0.05) is 26.0 Å². The van der Waals surface area contributed by atoms with E-state index in [9.17, 15) is 8.42 Å². The predicted octanol–water partition coefficient (Wildman–Crippen LogP) is 2.39. The average Bonchev–Trinajstić information content (AvgIpc) is 2.95. The number of nitrogens with one attached hydrogen (secondary N) is 1. The van der Waals surface area contributed by atoms with Gasteiger partial charge in [0.1, 0.15) is 0 Å². The molecule has 2 rings (SSSR count). The normalized spacial score (nSPS) is 30.2. The maximum atomic E-state index is 12.0. The van der Waals surface area contributed by atoms with Gasteiger partial charge in [-0.05, 0) is 50.0 Å². The zero-order valence-corrected chi connectivity index (χ0v) is 13.2. The van der Waals surface area contributed by atoms with Crippen molar-refractivity contribution in [3.05, 3.63) is 12.2 Å². The molecule has 1 N–H and O–H groups in total. The fraction of sp³-hybridized carbons (Fsp3) is 0.867. The molecule has 110 valence electrons. The Morgan fingerprint density at radius 1 is 1.21 bits per heavy atom. The highest BCUT2D eigenvalue weighted by Gasteiger charge is 2.38. The lowest BCUT2D eigenvalue weighted by Crippen LogP contribution is -2.47. The second-order valence-electron chi connectivity index (χ2n) is 6.33. The molecule has 0 saturated heterocycles. The molecule has 0 aromatic rings. The third-order valence-corrected chi connectivity index (χ3v) is 7.64. The lowest BCUT2D eigenvalue weighted by molar-refractivity contribution is 0.384. The Hall–Kier alpha value is -0.350. The molecule has 2 bridgehead atoms. The van der Waals surface area contributed by atoms with Gasteiger partial charge in [0.25, 0.3) is 0 Å². The van der Waals surface area contributed by atoms with Gasteiger partial charge >= 0.3 is 0 Å². The minimum Gasteiger partial charge on any atom is -0.315 e. The molecule has 1 saturated carbocycles. The summed E-state index contributed by atoms with van der Waals surface area (Å²) in [7, 11) is -3.01. The van der Waals surface area contributed by atoms with Crippen LogP contribution in [0.25, 0.3) is 0 Å². The molecule has 0 amide bonds. The van der Waals surface area contributed by atoms with Crippen molar-refractivity contribution in [2.24, 2.45) is 17.8 Å². The summed E-state index contributed by atoms with van der Waals surface area (Å²) in [6, 6.07) is 0. The van der Waals surface area contributed by atoms with E-state index >= 15 is 0 Å². The molecular formula is C15H27NO2S. The maximum Gasteiger partial charge on any atom is 0.154 e. The minimum atomic E-state index is -3.01. The Kier molecular flexibility index (Phi) is 4.41. The summed E-state index contributed by atoms with van der Waals surface area (Å²) >= 11 is 0. The van der Waals surface area contributed by atoms with Crippen LogP contribution in [-0.2, 0) is 9.84 Å². The number of allylic oxidation sites excluding steroid dienone is 2. The standard InChI is InChI=1S/C15H27NO2S/c1-4-15(5-2,19(3,17)18)11-16-10-14-9-12-6-7-13(14)8-12/h6-7,12-14,16H,4-5,8-11H2,1-3H3/t12-,13-,14+/m0/s1. The molecule has 3 nitrogen and oxygen atoms in total. The van der Waals surface area contributed by atoms with Crippen LogP contribution in [0.5, 0.6) is 0 Å². The molecule has 2 aliphatic rings. The van der Waals surface area contributed by atoms with E-state index in [2.05, 4.69) is 17.5 Å². The second-order valence-corrected chi connectivity index (χ2v) is 8.74. The Bertz CT molecular complexity index is 437. The molecule has 0 heterocycles. The molecule has 0 radical (unpaired) electrons. The van der Waals surface area contributed by atoms with Crippen molar-refractivity contribution < 1.29 is 8.42 Å². The summed E-state index contributed by atoms with van der Waals surface area (Å²) in [6.07, 6.45) is 10.0. The molecule has 4 heteroatoms. The van der Waals surface area contributed by atoms with E-state index in [0.29, 0.717) is 25.3 Å². The van der Waals surface area contributed by atoms with Crippen molar-refractivity contribution in [3.63, 3.8) is 0 Å². The fourth-order valence-electron chi connectivity index (χ4n) is 3.77. The maximum absolute atomic E-state index is 12.0. The second kappa shape index (κ2) is 5.57. The van der Waals surface area contributed by atoms with E-state index in [1.165, 1.54) is 19.1 Å². The van der Waals surface area contributed by atoms with Crippen molar-refractivity contribution in [1.82, 2.24) is 5.32 Å². The third-order valence-electron chi connectivity index (χ3n) is 5.35. The number of rotatable bonds is 7. The molecule has 3 atom stereocenters. The molecule has 0 aliphatic heterocycles. The largest absolute Gasteiger partial charge is 0.315 e. The smallest absolute Gasteiger partial charge is 0.154 e. The van der Waals surface area contributed by atoms with Gasteiger partial charge < -0.3 is 5.32 Å². The van der Waals surface area contributed by atoms with Crippen LogP contribution in [0.2, 0.25) is 0 Å². The van der Waals surface area contributed by atoms with Crippen molar-refractivity contribution in [2.75, 3.05) is 19.3 Å². The summed E-state index contributed by atoms with van der Waals surface area (Å²) in [5, 5.41) is 3.45. The Morgan fingerprint density at radius 2 is 1.89 bits per heavy atom. The van der Waals surface area contributed by atoms with Gasteiger partial charge in [-0.2, -0.15) is 0 Å². The lowest BCUT2D eigenvalue weighted by atomic mass is 9.93. The van der Waals surface area contributed by atoms with Gasteiger partial charge in [0, 0.05) is 12.8 Å². The molecule has 2 aliphatic carbocycles. The van der Waals surface area contributed by atoms with Crippen LogP contribution in [-0.4, -0.2) is 32.5 Å². The van der Waals surface area contributed by atoms with Gasteiger partial charge in [0.05, 0.1) is 4.75 Å². The zero-order valence-electron chi connectivity index (χ0n) is 12.4. The van der Waals surface area contributed by atoms with Crippen molar-refractivity contribution >= 4 is 9.84 Å². The van der Waals surface area contributed by atoms with Crippen LogP contribution in [0, 0.1) is 17.8 Å². The zero-order chi connectivity index (χ0) is 14.1. The number of fused-ring (bicyclic) bond motifs is 2. The van der Waals surface area contributed by atoms with Crippen molar-refractivity contribution in [3.8, 4) is 0 Å². The summed E-state index contributed by atoms with van der Waals surface area (Å²) in [5.74, 6) is 2.23. The SMILES string of the molecule is CCC(CC)(CNC[C@H]1C[C@H]2C=C[C@H]1C2)S(C)(=O)=O. The first-order valence-electron chi connectivity index (χ1n) is 7.50. The van der Waals surface area contributed by atoms with E-state index in [1.54, 1.807) is 0 Å². The molecule has 0 aromatic heterocycles.